The van der Waals surface area contributed by atoms with Gasteiger partial charge in [0.25, 0.3) is 0 Å². The Morgan fingerprint density at radius 1 is 0.794 bits per heavy atom. The van der Waals surface area contributed by atoms with Gasteiger partial charge in [0, 0.05) is 18.6 Å². The van der Waals surface area contributed by atoms with Gasteiger partial charge in [-0.1, -0.05) is 60.7 Å². The van der Waals surface area contributed by atoms with E-state index < -0.39 is 47.9 Å². The predicted molar refractivity (Wildman–Crippen MR) is 131 cm³/mol. The van der Waals surface area contributed by atoms with Crippen LogP contribution in [-0.2, 0) is 32.0 Å². The second kappa shape index (κ2) is 13.4. The normalized spacial score (nSPS) is 14.2. The Bertz CT molecular complexity index is 974. The zero-order chi connectivity index (χ0) is 25.1. The molecule has 0 heterocycles. The zero-order valence-electron chi connectivity index (χ0n) is 18.8. The second-order valence-corrected chi connectivity index (χ2v) is 8.22. The summed E-state index contributed by atoms with van der Waals surface area (Å²) >= 11 is 3.96. The van der Waals surface area contributed by atoms with Crippen LogP contribution < -0.4 is 21.7 Å². The fourth-order valence-corrected chi connectivity index (χ4v) is 3.31. The Morgan fingerprint density at radius 3 is 1.74 bits per heavy atom. The molecule has 2 aromatic rings. The molecule has 2 aromatic carbocycles. The van der Waals surface area contributed by atoms with Crippen LogP contribution in [0.2, 0.25) is 0 Å². The van der Waals surface area contributed by atoms with Gasteiger partial charge >= 0.3 is 5.97 Å². The lowest BCUT2D eigenvalue weighted by atomic mass is 10.0. The third kappa shape index (κ3) is 8.53. The first-order chi connectivity index (χ1) is 16.2. The highest BCUT2D eigenvalue weighted by Crippen LogP contribution is 2.07. The lowest BCUT2D eigenvalue weighted by molar-refractivity contribution is -0.142. The molecule has 0 bridgehead atoms. The van der Waals surface area contributed by atoms with Gasteiger partial charge in [0.15, 0.2) is 0 Å². The van der Waals surface area contributed by atoms with Gasteiger partial charge < -0.3 is 26.8 Å². The third-order valence-electron chi connectivity index (χ3n) is 5.10. The van der Waals surface area contributed by atoms with Crippen LogP contribution in [0.1, 0.15) is 18.1 Å². The Balaban J connectivity index is 2.14. The molecule has 9 nitrogen and oxygen atoms in total. The Labute approximate surface area is 203 Å². The van der Waals surface area contributed by atoms with Gasteiger partial charge in [0.2, 0.25) is 17.7 Å². The van der Waals surface area contributed by atoms with E-state index in [0.717, 1.165) is 11.1 Å². The predicted octanol–water partition coefficient (Wildman–Crippen LogP) is 0.288. The second-order valence-electron chi connectivity index (χ2n) is 7.86. The number of nitrogens with one attached hydrogen (secondary N) is 3. The first-order valence-electron chi connectivity index (χ1n) is 10.8. The maximum Gasteiger partial charge on any atom is 0.326 e. The maximum atomic E-state index is 13.1. The molecule has 4 atom stereocenters. The number of nitrogens with two attached hydrogens (primary N) is 1. The number of carbonyl (C=O) groups is 4. The van der Waals surface area contributed by atoms with Gasteiger partial charge in [0.05, 0.1) is 6.04 Å². The van der Waals surface area contributed by atoms with Crippen molar-refractivity contribution in [3.05, 3.63) is 71.8 Å². The van der Waals surface area contributed by atoms with Crippen LogP contribution >= 0.6 is 12.6 Å². The SMILES string of the molecule is CC(NC(=O)C(N)CS)C(=O)NC(Cc1ccccc1)C(=O)NC(Cc1ccccc1)C(=O)O. The van der Waals surface area contributed by atoms with E-state index in [0.29, 0.717) is 0 Å². The summed E-state index contributed by atoms with van der Waals surface area (Å²) in [7, 11) is 0. The number of rotatable bonds is 12. The largest absolute Gasteiger partial charge is 0.480 e. The van der Waals surface area contributed by atoms with E-state index in [-0.39, 0.29) is 18.6 Å². The Hall–Kier alpha value is -3.37. The van der Waals surface area contributed by atoms with Crippen molar-refractivity contribution in [2.45, 2.75) is 43.9 Å². The number of carboxylic acids is 1. The van der Waals surface area contributed by atoms with Crippen LogP contribution in [0, 0.1) is 0 Å². The van der Waals surface area contributed by atoms with E-state index in [9.17, 15) is 24.3 Å². The minimum Gasteiger partial charge on any atom is -0.480 e. The molecular weight excluding hydrogens is 456 g/mol. The van der Waals surface area contributed by atoms with Crippen LogP contribution in [0.3, 0.4) is 0 Å². The van der Waals surface area contributed by atoms with Crippen molar-refractivity contribution in [1.82, 2.24) is 16.0 Å². The molecule has 0 radical (unpaired) electrons. The van der Waals surface area contributed by atoms with Gasteiger partial charge in [-0.15, -0.1) is 0 Å². The number of thiol groups is 1. The molecule has 0 aliphatic heterocycles. The molecule has 0 spiro atoms. The van der Waals surface area contributed by atoms with Gasteiger partial charge in [-0.2, -0.15) is 12.6 Å². The Morgan fingerprint density at radius 2 is 1.26 bits per heavy atom. The van der Waals surface area contributed by atoms with Gasteiger partial charge in [0.1, 0.15) is 18.1 Å². The van der Waals surface area contributed by atoms with E-state index >= 15 is 0 Å². The molecule has 6 N–H and O–H groups in total. The number of carboxylic acid groups (broad SMARTS) is 1. The topological polar surface area (TPSA) is 151 Å². The number of aliphatic carboxylic acids is 1. The summed E-state index contributed by atoms with van der Waals surface area (Å²) in [6.07, 6.45) is 0.217. The highest BCUT2D eigenvalue weighted by Gasteiger charge is 2.29. The van der Waals surface area contributed by atoms with Gasteiger partial charge in [-0.25, -0.2) is 4.79 Å². The van der Waals surface area contributed by atoms with Crippen molar-refractivity contribution in [3.63, 3.8) is 0 Å². The van der Waals surface area contributed by atoms with Crippen molar-refractivity contribution in [3.8, 4) is 0 Å². The van der Waals surface area contributed by atoms with E-state index in [1.54, 1.807) is 48.5 Å². The molecule has 0 fully saturated rings. The first-order valence-corrected chi connectivity index (χ1v) is 11.4. The lowest BCUT2D eigenvalue weighted by Gasteiger charge is -2.24. The van der Waals surface area contributed by atoms with E-state index in [1.807, 2.05) is 12.1 Å². The smallest absolute Gasteiger partial charge is 0.326 e. The average Bonchev–Trinajstić information content (AvgIpc) is 2.83. The van der Waals surface area contributed by atoms with Crippen LogP contribution in [0.5, 0.6) is 0 Å². The van der Waals surface area contributed by atoms with Crippen LogP contribution in [-0.4, -0.2) is 58.7 Å². The Kier molecular flexibility index (Phi) is 10.6. The van der Waals surface area contributed by atoms with Crippen molar-refractivity contribution >= 4 is 36.3 Å². The highest BCUT2D eigenvalue weighted by atomic mass is 32.1. The summed E-state index contributed by atoms with van der Waals surface area (Å²) in [5, 5.41) is 17.3. The fourth-order valence-electron chi connectivity index (χ4n) is 3.15. The molecule has 34 heavy (non-hydrogen) atoms. The van der Waals surface area contributed by atoms with Crippen molar-refractivity contribution < 1.29 is 24.3 Å². The van der Waals surface area contributed by atoms with E-state index in [1.165, 1.54) is 6.92 Å². The number of hydrogen-bond donors (Lipinski definition) is 6. The number of hydrogen-bond acceptors (Lipinski definition) is 6. The van der Waals surface area contributed by atoms with Gasteiger partial charge in [-0.05, 0) is 18.1 Å². The standard InChI is InChI=1S/C24H30N4O5S/c1-15(26-22(30)18(25)14-34)21(29)27-19(12-16-8-4-2-5-9-16)23(31)28-20(24(32)33)13-17-10-6-3-7-11-17/h2-11,15,18-20,34H,12-14,25H2,1H3,(H,26,30)(H,27,29)(H,28,31)(H,32,33). The maximum absolute atomic E-state index is 13.1. The summed E-state index contributed by atoms with van der Waals surface area (Å²) in [6.45, 7) is 1.46. The summed E-state index contributed by atoms with van der Waals surface area (Å²) in [4.78, 5) is 49.6. The fraction of sp³-hybridized carbons (Fsp3) is 0.333. The monoisotopic (exact) mass is 486 g/mol. The third-order valence-corrected chi connectivity index (χ3v) is 5.49. The highest BCUT2D eigenvalue weighted by molar-refractivity contribution is 7.80. The number of carbonyl (C=O) groups excluding carboxylic acids is 3. The molecule has 0 aromatic heterocycles. The van der Waals surface area contributed by atoms with Crippen molar-refractivity contribution in [1.29, 1.82) is 0 Å². The molecule has 182 valence electrons. The zero-order valence-corrected chi connectivity index (χ0v) is 19.7. The van der Waals surface area contributed by atoms with E-state index in [2.05, 4.69) is 28.6 Å². The number of amides is 3. The number of benzene rings is 2. The molecular formula is C24H30N4O5S. The summed E-state index contributed by atoms with van der Waals surface area (Å²) in [5.74, 6) is -2.88. The first kappa shape index (κ1) is 26.9. The van der Waals surface area contributed by atoms with Gasteiger partial charge in [-0.3, -0.25) is 14.4 Å². The minimum absolute atomic E-state index is 0.0853. The quantitative estimate of drug-likeness (QED) is 0.237. The van der Waals surface area contributed by atoms with Crippen LogP contribution in [0.4, 0.5) is 0 Å². The minimum atomic E-state index is -1.19. The molecule has 0 aliphatic carbocycles. The summed E-state index contributed by atoms with van der Waals surface area (Å²) < 4.78 is 0. The molecule has 0 aliphatic rings. The molecule has 2 rings (SSSR count). The molecule has 10 heteroatoms. The lowest BCUT2D eigenvalue weighted by Crippen LogP contribution is -2.57. The molecule has 0 saturated heterocycles. The molecule has 0 saturated carbocycles. The summed E-state index contributed by atoms with van der Waals surface area (Å²) in [6, 6.07) is 13.8. The average molecular weight is 487 g/mol. The summed E-state index contributed by atoms with van der Waals surface area (Å²) in [5.41, 5.74) is 7.14. The molecule has 3 amide bonds. The van der Waals surface area contributed by atoms with Crippen molar-refractivity contribution in [2.24, 2.45) is 5.73 Å². The van der Waals surface area contributed by atoms with Crippen LogP contribution in [0.25, 0.3) is 0 Å². The van der Waals surface area contributed by atoms with E-state index in [4.69, 9.17) is 5.73 Å². The van der Waals surface area contributed by atoms with Crippen LogP contribution in [0.15, 0.2) is 60.7 Å². The van der Waals surface area contributed by atoms with Crippen molar-refractivity contribution in [2.75, 3.05) is 5.75 Å². The molecule has 4 unspecified atom stereocenters.